The molecule has 1 rings (SSSR count). The second-order valence-electron chi connectivity index (χ2n) is 6.87. The smallest absolute Gasteiger partial charge is 0.744 e. The van der Waals surface area contributed by atoms with E-state index in [1.54, 1.807) is 13.8 Å². The van der Waals surface area contributed by atoms with Crippen LogP contribution in [0.3, 0.4) is 0 Å². The Balaban J connectivity index is 0.00000625. The quantitative estimate of drug-likeness (QED) is 0.294. The normalized spacial score (nSPS) is 11.2. The molecule has 26 heavy (non-hydrogen) atoms. The summed E-state index contributed by atoms with van der Waals surface area (Å²) >= 11 is 0. The Morgan fingerprint density at radius 3 is 1.69 bits per heavy atom. The third-order valence-corrected chi connectivity index (χ3v) is 5.28. The molecule has 0 unspecified atom stereocenters. The van der Waals surface area contributed by atoms with Crippen molar-refractivity contribution in [1.82, 2.24) is 0 Å². The summed E-state index contributed by atoms with van der Waals surface area (Å²) in [5.41, 5.74) is 1.39. The zero-order valence-electron chi connectivity index (χ0n) is 17.0. The third-order valence-electron chi connectivity index (χ3n) is 4.47. The number of benzene rings is 1. The van der Waals surface area contributed by atoms with Crippen molar-refractivity contribution in [3.8, 4) is 5.75 Å². The molecule has 0 saturated carbocycles. The number of hydrogen-bond acceptors (Lipinski definition) is 4. The third kappa shape index (κ3) is 10.3. The molecule has 0 fully saturated rings. The van der Waals surface area contributed by atoms with E-state index >= 15 is 0 Å². The van der Waals surface area contributed by atoms with Gasteiger partial charge in [-0.2, -0.15) is 0 Å². The van der Waals surface area contributed by atoms with Crippen LogP contribution >= 0.6 is 0 Å². The Hall–Kier alpha value is -0.0700. The van der Waals surface area contributed by atoms with Crippen molar-refractivity contribution in [2.24, 2.45) is 0 Å². The predicted molar refractivity (Wildman–Crippen MR) is 101 cm³/mol. The van der Waals surface area contributed by atoms with Crippen LogP contribution in [0.2, 0.25) is 0 Å². The van der Waals surface area contributed by atoms with Gasteiger partial charge in [-0.1, -0.05) is 64.7 Å². The van der Waals surface area contributed by atoms with Crippen LogP contribution in [0.4, 0.5) is 0 Å². The van der Waals surface area contributed by atoms with Gasteiger partial charge in [0.2, 0.25) is 0 Å². The molecule has 0 bridgehead atoms. The molecule has 0 N–H and O–H groups in total. The van der Waals surface area contributed by atoms with Crippen LogP contribution in [0.1, 0.15) is 82.3 Å². The summed E-state index contributed by atoms with van der Waals surface area (Å²) in [6.07, 6.45) is 12.8. The first-order valence-corrected chi connectivity index (χ1v) is 11.0. The SMILES string of the molecule is CCCCCCCCCCCCOc1c(C)cc(S(=O)(=O)[O-])cc1C.[Na+]. The second kappa shape index (κ2) is 14.0. The van der Waals surface area contributed by atoms with Crippen molar-refractivity contribution < 1.29 is 47.3 Å². The standard InChI is InChI=1S/C20H34O4S.Na/c1-4-5-6-7-8-9-10-11-12-13-14-24-20-17(2)15-19(16-18(20)3)25(21,22)23;/h15-16H,4-14H2,1-3H3,(H,21,22,23);/q;+1/p-1. The van der Waals surface area contributed by atoms with E-state index in [-0.39, 0.29) is 34.5 Å². The van der Waals surface area contributed by atoms with E-state index in [0.717, 1.165) is 12.8 Å². The van der Waals surface area contributed by atoms with Gasteiger partial charge in [0.25, 0.3) is 0 Å². The maximum atomic E-state index is 11.1. The first-order valence-electron chi connectivity index (χ1n) is 9.56. The molecule has 0 aliphatic heterocycles. The van der Waals surface area contributed by atoms with Crippen molar-refractivity contribution in [2.45, 2.75) is 89.9 Å². The number of ether oxygens (including phenoxy) is 1. The molecule has 0 heterocycles. The fourth-order valence-corrected chi connectivity index (χ4v) is 3.69. The summed E-state index contributed by atoms with van der Waals surface area (Å²) in [7, 11) is -4.42. The second-order valence-corrected chi connectivity index (χ2v) is 8.25. The van der Waals surface area contributed by atoms with Crippen LogP contribution in [0.25, 0.3) is 0 Å². The van der Waals surface area contributed by atoms with Crippen LogP contribution in [0.15, 0.2) is 17.0 Å². The molecule has 1 aromatic rings. The van der Waals surface area contributed by atoms with E-state index in [9.17, 15) is 13.0 Å². The molecule has 6 heteroatoms. The van der Waals surface area contributed by atoms with Crippen molar-refractivity contribution >= 4 is 10.1 Å². The van der Waals surface area contributed by atoms with Crippen LogP contribution in [0.5, 0.6) is 5.75 Å². The van der Waals surface area contributed by atoms with Crippen molar-refractivity contribution in [3.05, 3.63) is 23.3 Å². The molecular weight excluding hydrogens is 359 g/mol. The van der Waals surface area contributed by atoms with Crippen LogP contribution in [0, 0.1) is 13.8 Å². The Morgan fingerprint density at radius 1 is 0.846 bits per heavy atom. The maximum absolute atomic E-state index is 11.1. The van der Waals surface area contributed by atoms with Gasteiger partial charge in [0.1, 0.15) is 15.9 Å². The van der Waals surface area contributed by atoms with Crippen molar-refractivity contribution in [2.75, 3.05) is 6.61 Å². The Labute approximate surface area is 182 Å². The fourth-order valence-electron chi connectivity index (χ4n) is 3.05. The average Bonchev–Trinajstić information content (AvgIpc) is 2.53. The summed E-state index contributed by atoms with van der Waals surface area (Å²) in [5, 5.41) is 0. The van der Waals surface area contributed by atoms with Gasteiger partial charge in [-0.25, -0.2) is 8.42 Å². The molecule has 0 aliphatic rings. The van der Waals surface area contributed by atoms with Gasteiger partial charge < -0.3 is 9.29 Å². The van der Waals surface area contributed by atoms with E-state index in [0.29, 0.717) is 23.5 Å². The number of unbranched alkanes of at least 4 members (excludes halogenated alkanes) is 9. The summed E-state index contributed by atoms with van der Waals surface area (Å²) < 4.78 is 39.1. The predicted octanol–water partition coefficient (Wildman–Crippen LogP) is 2.51. The van der Waals surface area contributed by atoms with Crippen LogP contribution in [-0.4, -0.2) is 19.6 Å². The maximum Gasteiger partial charge on any atom is 1.00 e. The van der Waals surface area contributed by atoms with E-state index in [1.165, 1.54) is 63.5 Å². The molecule has 4 nitrogen and oxygen atoms in total. The minimum absolute atomic E-state index is 0. The molecular formula is C20H33NaO4S. The van der Waals surface area contributed by atoms with E-state index < -0.39 is 10.1 Å². The van der Waals surface area contributed by atoms with Gasteiger partial charge in [0, 0.05) is 0 Å². The summed E-state index contributed by atoms with van der Waals surface area (Å²) in [6, 6.07) is 2.78. The molecule has 0 radical (unpaired) electrons. The first kappa shape index (κ1) is 25.9. The minimum atomic E-state index is -4.42. The van der Waals surface area contributed by atoms with Gasteiger partial charge in [-0.3, -0.25) is 0 Å². The number of rotatable bonds is 13. The number of hydrogen-bond donors (Lipinski definition) is 0. The van der Waals surface area contributed by atoms with Crippen LogP contribution < -0.4 is 34.3 Å². The monoisotopic (exact) mass is 392 g/mol. The van der Waals surface area contributed by atoms with Crippen molar-refractivity contribution in [3.63, 3.8) is 0 Å². The molecule has 0 atom stereocenters. The van der Waals surface area contributed by atoms with Gasteiger partial charge >= 0.3 is 29.6 Å². The van der Waals surface area contributed by atoms with Crippen molar-refractivity contribution in [1.29, 1.82) is 0 Å². The van der Waals surface area contributed by atoms with E-state index in [4.69, 9.17) is 4.74 Å². The molecule has 0 amide bonds. The Bertz CT molecular complexity index is 591. The average molecular weight is 393 g/mol. The van der Waals surface area contributed by atoms with E-state index in [1.807, 2.05) is 0 Å². The Morgan fingerprint density at radius 2 is 1.27 bits per heavy atom. The molecule has 0 aromatic heterocycles. The molecule has 0 saturated heterocycles. The summed E-state index contributed by atoms with van der Waals surface area (Å²) in [5.74, 6) is 0.698. The molecule has 1 aromatic carbocycles. The van der Waals surface area contributed by atoms with Gasteiger partial charge in [0.05, 0.1) is 11.5 Å². The van der Waals surface area contributed by atoms with E-state index in [2.05, 4.69) is 6.92 Å². The first-order chi connectivity index (χ1) is 11.9. The minimum Gasteiger partial charge on any atom is -0.744 e. The Kier molecular flexibility index (Phi) is 14.0. The zero-order chi connectivity index (χ0) is 18.7. The largest absolute Gasteiger partial charge is 1.00 e. The molecule has 0 spiro atoms. The summed E-state index contributed by atoms with van der Waals surface area (Å²) in [4.78, 5) is -0.186. The van der Waals surface area contributed by atoms with Crippen LogP contribution in [-0.2, 0) is 10.1 Å². The molecule has 0 aliphatic carbocycles. The van der Waals surface area contributed by atoms with Gasteiger partial charge in [0.15, 0.2) is 0 Å². The number of aryl methyl sites for hydroxylation is 2. The molecule has 144 valence electrons. The zero-order valence-corrected chi connectivity index (χ0v) is 19.8. The fraction of sp³-hybridized carbons (Fsp3) is 0.700. The topological polar surface area (TPSA) is 66.4 Å². The van der Waals surface area contributed by atoms with Gasteiger partial charge in [-0.15, -0.1) is 0 Å². The van der Waals surface area contributed by atoms with Gasteiger partial charge in [-0.05, 0) is 43.5 Å². The summed E-state index contributed by atoms with van der Waals surface area (Å²) in [6.45, 7) is 6.41.